The third-order valence-electron chi connectivity index (χ3n) is 4.33. The van der Waals surface area contributed by atoms with E-state index in [1.807, 2.05) is 24.1 Å². The van der Waals surface area contributed by atoms with Crippen LogP contribution in [0.3, 0.4) is 0 Å². The maximum atomic E-state index is 12.2. The van der Waals surface area contributed by atoms with Gasteiger partial charge >= 0.3 is 0 Å². The highest BCUT2D eigenvalue weighted by atomic mass is 16.2. The van der Waals surface area contributed by atoms with Crippen LogP contribution in [0.5, 0.6) is 0 Å². The first kappa shape index (κ1) is 18.0. The van der Waals surface area contributed by atoms with E-state index in [9.17, 15) is 14.9 Å². The molecule has 0 radical (unpaired) electrons. The number of hydrogen-bond acceptors (Lipinski definition) is 4. The van der Waals surface area contributed by atoms with Gasteiger partial charge in [0.2, 0.25) is 5.91 Å². The van der Waals surface area contributed by atoms with Crippen LogP contribution >= 0.6 is 0 Å². The number of rotatable bonds is 7. The maximum Gasteiger partial charge on any atom is 0.251 e. The summed E-state index contributed by atoms with van der Waals surface area (Å²) in [4.78, 5) is 25.6. The van der Waals surface area contributed by atoms with E-state index in [-0.39, 0.29) is 24.3 Å². The van der Waals surface area contributed by atoms with E-state index in [2.05, 4.69) is 16.7 Å². The third kappa shape index (κ3) is 4.56. The van der Waals surface area contributed by atoms with E-state index < -0.39 is 5.54 Å². The van der Waals surface area contributed by atoms with Gasteiger partial charge in [-0.1, -0.05) is 12.1 Å². The van der Waals surface area contributed by atoms with Gasteiger partial charge in [-0.15, -0.1) is 0 Å². The lowest BCUT2D eigenvalue weighted by Crippen LogP contribution is -2.49. The first-order valence-corrected chi connectivity index (χ1v) is 8.10. The molecule has 1 aliphatic rings. The molecule has 6 nitrogen and oxygen atoms in total. The van der Waals surface area contributed by atoms with Gasteiger partial charge in [0.05, 0.1) is 12.6 Å². The summed E-state index contributed by atoms with van der Waals surface area (Å²) in [5.41, 5.74) is 0.867. The van der Waals surface area contributed by atoms with Gasteiger partial charge in [0.15, 0.2) is 0 Å². The standard InChI is InChI=1S/C18H24N4O2/c1-18(12-19,15-8-9-15)21-16(23)11-22(3)10-13-4-6-14(7-5-13)17(24)20-2/h4-7,15H,8-11H2,1-3H3,(H,20,24)(H,21,23). The molecular formula is C18H24N4O2. The predicted molar refractivity (Wildman–Crippen MR) is 91.1 cm³/mol. The quantitative estimate of drug-likeness (QED) is 0.790. The fraction of sp³-hybridized carbons (Fsp3) is 0.500. The summed E-state index contributed by atoms with van der Waals surface area (Å²) in [6.07, 6.45) is 2.00. The van der Waals surface area contributed by atoms with Crippen LogP contribution in [0, 0.1) is 17.2 Å². The molecule has 2 N–H and O–H groups in total. The highest BCUT2D eigenvalue weighted by Crippen LogP contribution is 2.39. The Balaban J connectivity index is 1.86. The number of benzene rings is 1. The number of amides is 2. The van der Waals surface area contributed by atoms with E-state index >= 15 is 0 Å². The molecule has 0 bridgehead atoms. The number of likely N-dealkylation sites (N-methyl/N-ethyl adjacent to an activating group) is 1. The van der Waals surface area contributed by atoms with Crippen molar-refractivity contribution in [2.24, 2.45) is 5.92 Å². The van der Waals surface area contributed by atoms with Gasteiger partial charge in [-0.3, -0.25) is 14.5 Å². The van der Waals surface area contributed by atoms with Crippen LogP contribution < -0.4 is 10.6 Å². The van der Waals surface area contributed by atoms with Crippen molar-refractivity contribution < 1.29 is 9.59 Å². The minimum Gasteiger partial charge on any atom is -0.355 e. The van der Waals surface area contributed by atoms with Crippen molar-refractivity contribution in [2.75, 3.05) is 20.6 Å². The second-order valence-corrected chi connectivity index (χ2v) is 6.58. The molecule has 0 heterocycles. The summed E-state index contributed by atoms with van der Waals surface area (Å²) >= 11 is 0. The molecular weight excluding hydrogens is 304 g/mol. The minimum atomic E-state index is -0.757. The molecule has 0 aromatic heterocycles. The number of carbonyl (C=O) groups excluding carboxylic acids is 2. The molecule has 1 aliphatic carbocycles. The Morgan fingerprint density at radius 3 is 2.46 bits per heavy atom. The van der Waals surface area contributed by atoms with E-state index in [4.69, 9.17) is 0 Å². The SMILES string of the molecule is CNC(=O)c1ccc(CN(C)CC(=O)NC(C)(C#N)C2CC2)cc1. The highest BCUT2D eigenvalue weighted by Gasteiger charge is 2.43. The molecule has 2 rings (SSSR count). The van der Waals surface area contributed by atoms with Crippen LogP contribution in [0.2, 0.25) is 0 Å². The molecule has 24 heavy (non-hydrogen) atoms. The Morgan fingerprint density at radius 1 is 1.33 bits per heavy atom. The zero-order valence-corrected chi connectivity index (χ0v) is 14.4. The number of nitrogens with one attached hydrogen (secondary N) is 2. The van der Waals surface area contributed by atoms with Crippen molar-refractivity contribution in [3.63, 3.8) is 0 Å². The average Bonchev–Trinajstić information content (AvgIpc) is 3.39. The molecule has 1 fully saturated rings. The fourth-order valence-electron chi connectivity index (χ4n) is 2.73. The lowest BCUT2D eigenvalue weighted by molar-refractivity contribution is -0.123. The van der Waals surface area contributed by atoms with Gasteiger partial charge in [-0.2, -0.15) is 5.26 Å². The normalized spacial score (nSPS) is 16.1. The van der Waals surface area contributed by atoms with Crippen LogP contribution in [0.25, 0.3) is 0 Å². The molecule has 128 valence electrons. The van der Waals surface area contributed by atoms with Crippen LogP contribution in [0.4, 0.5) is 0 Å². The Morgan fingerprint density at radius 2 is 1.96 bits per heavy atom. The smallest absolute Gasteiger partial charge is 0.251 e. The van der Waals surface area contributed by atoms with Crippen LogP contribution in [-0.2, 0) is 11.3 Å². The molecule has 2 amide bonds. The summed E-state index contributed by atoms with van der Waals surface area (Å²) in [5, 5.41) is 14.7. The molecule has 6 heteroatoms. The average molecular weight is 328 g/mol. The molecule has 0 saturated heterocycles. The Bertz CT molecular complexity index is 646. The minimum absolute atomic E-state index is 0.120. The zero-order valence-electron chi connectivity index (χ0n) is 14.4. The van der Waals surface area contributed by atoms with Crippen molar-refractivity contribution in [3.8, 4) is 6.07 Å². The third-order valence-corrected chi connectivity index (χ3v) is 4.33. The fourth-order valence-corrected chi connectivity index (χ4v) is 2.73. The van der Waals surface area contributed by atoms with Crippen LogP contribution in [0.15, 0.2) is 24.3 Å². The van der Waals surface area contributed by atoms with Crippen molar-refractivity contribution in [1.82, 2.24) is 15.5 Å². The molecule has 1 unspecified atom stereocenters. The molecule has 1 atom stereocenters. The monoisotopic (exact) mass is 328 g/mol. The van der Waals surface area contributed by atoms with Gasteiger partial charge in [0, 0.05) is 19.2 Å². The first-order chi connectivity index (χ1) is 11.4. The van der Waals surface area contributed by atoms with E-state index in [0.29, 0.717) is 12.1 Å². The summed E-state index contributed by atoms with van der Waals surface area (Å²) < 4.78 is 0. The van der Waals surface area contributed by atoms with Gasteiger partial charge in [0.25, 0.3) is 5.91 Å². The lowest BCUT2D eigenvalue weighted by atomic mass is 9.98. The topological polar surface area (TPSA) is 85.2 Å². The van der Waals surface area contributed by atoms with Crippen molar-refractivity contribution in [3.05, 3.63) is 35.4 Å². The number of nitriles is 1. The molecule has 1 aromatic carbocycles. The van der Waals surface area contributed by atoms with Gasteiger partial charge in [0.1, 0.15) is 5.54 Å². The first-order valence-electron chi connectivity index (χ1n) is 8.10. The van der Waals surface area contributed by atoms with Crippen molar-refractivity contribution in [1.29, 1.82) is 5.26 Å². The second kappa shape index (κ2) is 7.45. The molecule has 0 aliphatic heterocycles. The molecule has 0 spiro atoms. The maximum absolute atomic E-state index is 12.2. The van der Waals surface area contributed by atoms with Gasteiger partial charge in [-0.25, -0.2) is 0 Å². The summed E-state index contributed by atoms with van der Waals surface area (Å²) in [6.45, 7) is 2.61. The van der Waals surface area contributed by atoms with E-state index in [0.717, 1.165) is 18.4 Å². The summed E-state index contributed by atoms with van der Waals surface area (Å²) in [7, 11) is 3.45. The van der Waals surface area contributed by atoms with Crippen LogP contribution in [0.1, 0.15) is 35.7 Å². The molecule has 1 aromatic rings. The highest BCUT2D eigenvalue weighted by molar-refractivity contribution is 5.93. The number of nitrogens with zero attached hydrogens (tertiary/aromatic N) is 2. The Hall–Kier alpha value is -2.39. The van der Waals surface area contributed by atoms with Crippen molar-refractivity contribution >= 4 is 11.8 Å². The number of carbonyl (C=O) groups is 2. The Kier molecular flexibility index (Phi) is 5.58. The summed E-state index contributed by atoms with van der Waals surface area (Å²) in [6, 6.07) is 9.51. The zero-order chi connectivity index (χ0) is 17.7. The van der Waals surface area contributed by atoms with Gasteiger partial charge in [-0.05, 0) is 50.4 Å². The van der Waals surface area contributed by atoms with Crippen molar-refractivity contribution in [2.45, 2.75) is 31.8 Å². The van der Waals surface area contributed by atoms with Crippen LogP contribution in [-0.4, -0.2) is 42.9 Å². The van der Waals surface area contributed by atoms with Gasteiger partial charge < -0.3 is 10.6 Å². The van der Waals surface area contributed by atoms with E-state index in [1.165, 1.54) is 0 Å². The largest absolute Gasteiger partial charge is 0.355 e. The second-order valence-electron chi connectivity index (χ2n) is 6.58. The molecule has 1 saturated carbocycles. The van der Waals surface area contributed by atoms with E-state index in [1.54, 1.807) is 26.1 Å². The summed E-state index contributed by atoms with van der Waals surface area (Å²) in [5.74, 6) is 0.00888. The Labute approximate surface area is 142 Å². The predicted octanol–water partition coefficient (Wildman–Crippen LogP) is 1.29. The number of hydrogen-bond donors (Lipinski definition) is 2. The lowest BCUT2D eigenvalue weighted by Gasteiger charge is -2.25.